The van der Waals surface area contributed by atoms with Gasteiger partial charge in [0, 0.05) is 18.0 Å². The molecule has 0 spiro atoms. The van der Waals surface area contributed by atoms with Crippen molar-refractivity contribution in [2.75, 3.05) is 6.61 Å². The van der Waals surface area contributed by atoms with Gasteiger partial charge in [-0.3, -0.25) is 9.32 Å². The average molecular weight is 263 g/mol. The molecule has 17 heavy (non-hydrogen) atoms. The summed E-state index contributed by atoms with van der Waals surface area (Å²) in [7, 11) is -4.40. The molecule has 2 aliphatic rings. The molecule has 0 aromatic heterocycles. The Balaban J connectivity index is 1.84. The fourth-order valence-corrected chi connectivity index (χ4v) is 3.24. The minimum absolute atomic E-state index is 0.0599. The summed E-state index contributed by atoms with van der Waals surface area (Å²) in [5, 5.41) is 0. The molecule has 0 aliphatic carbocycles. The van der Waals surface area contributed by atoms with Crippen molar-refractivity contribution in [2.24, 2.45) is 5.92 Å². The minimum Gasteiger partial charge on any atom is -0.337 e. The third-order valence-corrected chi connectivity index (χ3v) is 4.19. The van der Waals surface area contributed by atoms with Gasteiger partial charge in [-0.15, -0.1) is 0 Å². The number of carbonyl (C=O) groups excluding carboxylic acids is 1. The lowest BCUT2D eigenvalue weighted by molar-refractivity contribution is -0.132. The summed E-state index contributed by atoms with van der Waals surface area (Å²) in [6.07, 6.45) is 3.29. The highest BCUT2D eigenvalue weighted by atomic mass is 31.2. The van der Waals surface area contributed by atoms with Gasteiger partial charge >= 0.3 is 7.82 Å². The van der Waals surface area contributed by atoms with Crippen LogP contribution in [0.3, 0.4) is 0 Å². The van der Waals surface area contributed by atoms with Crippen LogP contribution in [0.4, 0.5) is 0 Å². The Kier molecular flexibility index (Phi) is 3.59. The Bertz CT molecular complexity index is 355. The van der Waals surface area contributed by atoms with E-state index in [0.29, 0.717) is 18.5 Å². The predicted octanol–water partition coefficient (Wildman–Crippen LogP) is 0.885. The van der Waals surface area contributed by atoms with Gasteiger partial charge in [-0.25, -0.2) is 4.57 Å². The van der Waals surface area contributed by atoms with E-state index in [1.807, 2.05) is 11.8 Å². The summed E-state index contributed by atoms with van der Waals surface area (Å²) in [5.74, 6) is -0.0105. The molecule has 2 fully saturated rings. The molecule has 6 nitrogen and oxygen atoms in total. The summed E-state index contributed by atoms with van der Waals surface area (Å²) in [6.45, 7) is 1.99. The molecule has 0 saturated carbocycles. The van der Waals surface area contributed by atoms with Crippen molar-refractivity contribution in [2.45, 2.75) is 44.7 Å². The summed E-state index contributed by atoms with van der Waals surface area (Å²) in [4.78, 5) is 31.1. The number of phosphoric acid groups is 1. The predicted molar refractivity (Wildman–Crippen MR) is 60.1 cm³/mol. The molecule has 3 atom stereocenters. The van der Waals surface area contributed by atoms with Gasteiger partial charge in [0.15, 0.2) is 0 Å². The molecule has 2 N–H and O–H groups in total. The molecule has 0 aromatic carbocycles. The second kappa shape index (κ2) is 4.69. The fraction of sp³-hybridized carbons (Fsp3) is 0.900. The van der Waals surface area contributed by atoms with Crippen molar-refractivity contribution < 1.29 is 23.7 Å². The zero-order chi connectivity index (χ0) is 12.6. The molecule has 2 rings (SSSR count). The molecule has 98 valence electrons. The Morgan fingerprint density at radius 1 is 1.47 bits per heavy atom. The molecule has 0 bridgehead atoms. The summed E-state index contributed by atoms with van der Waals surface area (Å²) in [6, 6.07) is 0.637. The van der Waals surface area contributed by atoms with Crippen molar-refractivity contribution in [1.29, 1.82) is 0 Å². The Morgan fingerprint density at radius 2 is 2.18 bits per heavy atom. The second-order valence-corrected chi connectivity index (χ2v) is 6.11. The van der Waals surface area contributed by atoms with Gasteiger partial charge in [0.2, 0.25) is 5.91 Å². The Morgan fingerprint density at radius 3 is 2.76 bits per heavy atom. The number of rotatable bonds is 4. The second-order valence-electron chi connectivity index (χ2n) is 4.87. The maximum Gasteiger partial charge on any atom is 0.469 e. The van der Waals surface area contributed by atoms with Crippen molar-refractivity contribution in [3.05, 3.63) is 0 Å². The molecular formula is C10H18NO5P. The number of nitrogens with zero attached hydrogens (tertiary/aromatic N) is 1. The SMILES string of the molecule is C[C@@H]1CC[C@H]2C[C@H](CCOP(=O)(O)O)C(=O)N21. The molecule has 0 radical (unpaired) electrons. The Labute approximate surface area is 100 Å². The van der Waals surface area contributed by atoms with E-state index in [4.69, 9.17) is 9.79 Å². The van der Waals surface area contributed by atoms with E-state index in [1.165, 1.54) is 0 Å². The zero-order valence-corrected chi connectivity index (χ0v) is 10.7. The largest absolute Gasteiger partial charge is 0.469 e. The van der Waals surface area contributed by atoms with Crippen LogP contribution in [-0.4, -0.2) is 39.3 Å². The number of hydrogen-bond acceptors (Lipinski definition) is 3. The number of phosphoric ester groups is 1. The van der Waals surface area contributed by atoms with Crippen LogP contribution in [0, 0.1) is 5.92 Å². The van der Waals surface area contributed by atoms with Crippen molar-refractivity contribution in [3.8, 4) is 0 Å². The van der Waals surface area contributed by atoms with Crippen LogP contribution in [-0.2, 0) is 13.9 Å². The van der Waals surface area contributed by atoms with E-state index in [9.17, 15) is 9.36 Å². The van der Waals surface area contributed by atoms with Gasteiger partial charge in [-0.05, 0) is 32.6 Å². The molecule has 2 aliphatic heterocycles. The van der Waals surface area contributed by atoms with Crippen LogP contribution in [0.1, 0.15) is 32.6 Å². The van der Waals surface area contributed by atoms with Gasteiger partial charge in [0.1, 0.15) is 0 Å². The number of fused-ring (bicyclic) bond motifs is 1. The fourth-order valence-electron chi connectivity index (χ4n) is 2.90. The van der Waals surface area contributed by atoms with Gasteiger partial charge < -0.3 is 14.7 Å². The lowest BCUT2D eigenvalue weighted by Crippen LogP contribution is -2.34. The molecule has 7 heteroatoms. The normalized spacial score (nSPS) is 33.2. The summed E-state index contributed by atoms with van der Waals surface area (Å²) in [5.41, 5.74) is 0. The first kappa shape index (κ1) is 13.0. The molecule has 0 unspecified atom stereocenters. The van der Waals surface area contributed by atoms with Crippen molar-refractivity contribution in [1.82, 2.24) is 4.90 Å². The lowest BCUT2D eigenvalue weighted by atomic mass is 9.99. The topological polar surface area (TPSA) is 87.1 Å². The number of hydrogen-bond donors (Lipinski definition) is 2. The van der Waals surface area contributed by atoms with Crippen LogP contribution in [0.5, 0.6) is 0 Å². The van der Waals surface area contributed by atoms with E-state index >= 15 is 0 Å². The first-order chi connectivity index (χ1) is 7.88. The van der Waals surface area contributed by atoms with Gasteiger partial charge in [0.25, 0.3) is 0 Å². The third-order valence-electron chi connectivity index (χ3n) is 3.67. The van der Waals surface area contributed by atoms with Crippen LogP contribution in [0.25, 0.3) is 0 Å². The molecule has 2 heterocycles. The lowest BCUT2D eigenvalue weighted by Gasteiger charge is -2.21. The molecule has 2 saturated heterocycles. The molecular weight excluding hydrogens is 245 g/mol. The van der Waals surface area contributed by atoms with E-state index < -0.39 is 7.82 Å². The third kappa shape index (κ3) is 2.88. The van der Waals surface area contributed by atoms with Crippen LogP contribution < -0.4 is 0 Å². The maximum absolute atomic E-state index is 12.0. The standard InChI is InChI=1S/C10H18NO5P/c1-7-2-3-9-6-8(10(12)11(7)9)4-5-16-17(13,14)15/h7-9H,2-6H2,1H3,(H2,13,14,15)/t7-,8+,9+/m1/s1. The molecule has 1 amide bonds. The van der Waals surface area contributed by atoms with Crippen molar-refractivity contribution >= 4 is 13.7 Å². The highest BCUT2D eigenvalue weighted by molar-refractivity contribution is 7.46. The van der Waals surface area contributed by atoms with Gasteiger partial charge in [-0.1, -0.05) is 0 Å². The highest BCUT2D eigenvalue weighted by Gasteiger charge is 2.44. The molecule has 0 aromatic rings. The summed E-state index contributed by atoms with van der Waals surface area (Å²) < 4.78 is 14.9. The zero-order valence-electron chi connectivity index (χ0n) is 9.78. The van der Waals surface area contributed by atoms with Crippen LogP contribution >= 0.6 is 7.82 Å². The summed E-state index contributed by atoms with van der Waals surface area (Å²) >= 11 is 0. The Hall–Kier alpha value is -0.420. The van der Waals surface area contributed by atoms with E-state index in [0.717, 1.165) is 19.3 Å². The van der Waals surface area contributed by atoms with Gasteiger partial charge in [-0.2, -0.15) is 0 Å². The maximum atomic E-state index is 12.0. The minimum atomic E-state index is -4.40. The number of amides is 1. The first-order valence-corrected chi connectivity index (χ1v) is 7.44. The van der Waals surface area contributed by atoms with Crippen LogP contribution in [0.2, 0.25) is 0 Å². The van der Waals surface area contributed by atoms with E-state index in [1.54, 1.807) is 0 Å². The number of carbonyl (C=O) groups is 1. The monoisotopic (exact) mass is 263 g/mol. The smallest absolute Gasteiger partial charge is 0.337 e. The van der Waals surface area contributed by atoms with Crippen LogP contribution in [0.15, 0.2) is 0 Å². The first-order valence-electron chi connectivity index (χ1n) is 5.91. The highest BCUT2D eigenvalue weighted by Crippen LogP contribution is 2.40. The van der Waals surface area contributed by atoms with Crippen molar-refractivity contribution in [3.63, 3.8) is 0 Å². The van der Waals surface area contributed by atoms with Gasteiger partial charge in [0.05, 0.1) is 6.61 Å². The average Bonchev–Trinajstić information content (AvgIpc) is 2.69. The quantitative estimate of drug-likeness (QED) is 0.735. The van der Waals surface area contributed by atoms with E-state index in [-0.39, 0.29) is 18.4 Å². The van der Waals surface area contributed by atoms with E-state index in [2.05, 4.69) is 4.52 Å².